The summed E-state index contributed by atoms with van der Waals surface area (Å²) in [7, 11) is 0. The van der Waals surface area contributed by atoms with Crippen LogP contribution >= 0.6 is 0 Å². The van der Waals surface area contributed by atoms with Crippen LogP contribution in [0.4, 0.5) is 14.7 Å². The Balaban J connectivity index is 2.09. The summed E-state index contributed by atoms with van der Waals surface area (Å²) in [4.78, 5) is 14.7. The zero-order valence-corrected chi connectivity index (χ0v) is 7.74. The molecule has 1 heterocycles. The van der Waals surface area contributed by atoms with Gasteiger partial charge < -0.3 is 4.74 Å². The van der Waals surface area contributed by atoms with Crippen LogP contribution in [0.2, 0.25) is 0 Å². The Morgan fingerprint density at radius 1 is 1.67 bits per heavy atom. The summed E-state index contributed by atoms with van der Waals surface area (Å²) in [6, 6.07) is 0. The molecule has 1 aromatic heterocycles. The van der Waals surface area contributed by atoms with E-state index in [1.807, 2.05) is 0 Å². The third-order valence-corrected chi connectivity index (χ3v) is 1.39. The first-order valence-electron chi connectivity index (χ1n) is 4.19. The standard InChI is InChI=1S/C7H10F2N4O2/c8-5(9)3-15-2-1-6(14)12-7-10-4-11-13-7/h4-5H,1-3H2,(H2,10,11,12,13,14). The second kappa shape index (κ2) is 6.02. The highest BCUT2D eigenvalue weighted by molar-refractivity contribution is 5.88. The topological polar surface area (TPSA) is 79.9 Å². The van der Waals surface area contributed by atoms with Crippen LogP contribution < -0.4 is 5.32 Å². The third kappa shape index (κ3) is 5.01. The molecule has 0 unspecified atom stereocenters. The lowest BCUT2D eigenvalue weighted by Crippen LogP contribution is -2.16. The van der Waals surface area contributed by atoms with Gasteiger partial charge in [-0.2, -0.15) is 10.1 Å². The van der Waals surface area contributed by atoms with Gasteiger partial charge in [-0.05, 0) is 0 Å². The lowest BCUT2D eigenvalue weighted by Gasteiger charge is -2.03. The summed E-state index contributed by atoms with van der Waals surface area (Å²) in [5.41, 5.74) is 0. The van der Waals surface area contributed by atoms with Crippen molar-refractivity contribution in [2.75, 3.05) is 18.5 Å². The highest BCUT2D eigenvalue weighted by Gasteiger charge is 2.06. The number of alkyl halides is 2. The highest BCUT2D eigenvalue weighted by Crippen LogP contribution is 1.96. The van der Waals surface area contributed by atoms with E-state index in [9.17, 15) is 13.6 Å². The van der Waals surface area contributed by atoms with Gasteiger partial charge in [-0.15, -0.1) is 0 Å². The fraction of sp³-hybridized carbons (Fsp3) is 0.571. The molecule has 15 heavy (non-hydrogen) atoms. The lowest BCUT2D eigenvalue weighted by atomic mass is 10.4. The predicted molar refractivity (Wildman–Crippen MR) is 46.5 cm³/mol. The first-order valence-corrected chi connectivity index (χ1v) is 4.19. The number of halogens is 2. The van der Waals surface area contributed by atoms with Crippen LogP contribution in [0, 0.1) is 0 Å². The van der Waals surface area contributed by atoms with E-state index in [-0.39, 0.29) is 24.9 Å². The third-order valence-electron chi connectivity index (χ3n) is 1.39. The number of carbonyl (C=O) groups excluding carboxylic acids is 1. The Morgan fingerprint density at radius 2 is 2.47 bits per heavy atom. The summed E-state index contributed by atoms with van der Waals surface area (Å²) >= 11 is 0. The van der Waals surface area contributed by atoms with E-state index >= 15 is 0 Å². The maximum absolute atomic E-state index is 11.6. The van der Waals surface area contributed by atoms with Crippen molar-refractivity contribution < 1.29 is 18.3 Å². The second-order valence-electron chi connectivity index (χ2n) is 2.60. The van der Waals surface area contributed by atoms with Crippen molar-refractivity contribution in [2.45, 2.75) is 12.8 Å². The van der Waals surface area contributed by atoms with Gasteiger partial charge in [0.25, 0.3) is 6.43 Å². The molecule has 2 N–H and O–H groups in total. The molecule has 0 aliphatic carbocycles. The summed E-state index contributed by atoms with van der Waals surface area (Å²) in [5.74, 6) is -0.158. The minimum absolute atomic E-state index is 0.00653. The van der Waals surface area contributed by atoms with Crippen LogP contribution in [0.1, 0.15) is 6.42 Å². The van der Waals surface area contributed by atoms with Gasteiger partial charge >= 0.3 is 0 Å². The van der Waals surface area contributed by atoms with Crippen LogP contribution in [0.3, 0.4) is 0 Å². The molecule has 0 spiro atoms. The smallest absolute Gasteiger partial charge is 0.261 e. The number of hydrogen-bond donors (Lipinski definition) is 2. The molecule has 84 valence electrons. The molecule has 0 aliphatic rings. The fourth-order valence-electron chi connectivity index (χ4n) is 0.798. The molecule has 0 atom stereocenters. The number of aromatic nitrogens is 3. The van der Waals surface area contributed by atoms with Crippen molar-refractivity contribution in [1.29, 1.82) is 0 Å². The van der Waals surface area contributed by atoms with E-state index in [0.29, 0.717) is 0 Å². The van der Waals surface area contributed by atoms with Crippen molar-refractivity contribution in [1.82, 2.24) is 15.2 Å². The molecule has 0 fully saturated rings. The molecule has 8 heteroatoms. The first kappa shape index (κ1) is 11.5. The van der Waals surface area contributed by atoms with E-state index < -0.39 is 13.0 Å². The number of H-pyrrole nitrogens is 1. The molecule has 0 aromatic carbocycles. The number of rotatable bonds is 6. The Hall–Kier alpha value is -1.57. The van der Waals surface area contributed by atoms with E-state index in [0.717, 1.165) is 0 Å². The maximum atomic E-state index is 11.6. The molecular formula is C7H10F2N4O2. The number of nitrogens with zero attached hydrogens (tertiary/aromatic N) is 2. The van der Waals surface area contributed by atoms with Gasteiger partial charge in [-0.25, -0.2) is 13.9 Å². The molecule has 1 aromatic rings. The molecule has 1 rings (SSSR count). The van der Waals surface area contributed by atoms with Gasteiger partial charge in [0.2, 0.25) is 11.9 Å². The number of hydrogen-bond acceptors (Lipinski definition) is 4. The van der Waals surface area contributed by atoms with Gasteiger partial charge in [0.1, 0.15) is 12.9 Å². The van der Waals surface area contributed by atoms with Gasteiger partial charge in [0.05, 0.1) is 13.0 Å². The van der Waals surface area contributed by atoms with Gasteiger partial charge in [0, 0.05) is 0 Å². The molecule has 0 aliphatic heterocycles. The van der Waals surface area contributed by atoms with Crippen molar-refractivity contribution in [3.05, 3.63) is 6.33 Å². The summed E-state index contributed by atoms with van der Waals surface area (Å²) in [6.07, 6.45) is -1.28. The van der Waals surface area contributed by atoms with Gasteiger partial charge in [-0.1, -0.05) is 0 Å². The SMILES string of the molecule is O=C(CCOCC(F)F)Nc1ncn[nH]1. The molecule has 0 saturated heterocycles. The molecule has 0 saturated carbocycles. The van der Waals surface area contributed by atoms with Crippen LogP contribution in [-0.4, -0.2) is 40.7 Å². The maximum Gasteiger partial charge on any atom is 0.261 e. The number of ether oxygens (including phenoxy) is 1. The largest absolute Gasteiger partial charge is 0.375 e. The predicted octanol–water partition coefficient (Wildman–Crippen LogP) is 0.415. The van der Waals surface area contributed by atoms with Crippen LogP contribution in [0.25, 0.3) is 0 Å². The molecule has 0 bridgehead atoms. The second-order valence-corrected chi connectivity index (χ2v) is 2.60. The molecule has 6 nitrogen and oxygen atoms in total. The number of amides is 1. The van der Waals surface area contributed by atoms with Crippen molar-refractivity contribution in [3.8, 4) is 0 Å². The van der Waals surface area contributed by atoms with Crippen LogP contribution in [0.5, 0.6) is 0 Å². The van der Waals surface area contributed by atoms with Crippen LogP contribution in [0.15, 0.2) is 6.33 Å². The summed E-state index contributed by atoms with van der Waals surface area (Å²) < 4.78 is 27.8. The minimum Gasteiger partial charge on any atom is -0.375 e. The highest BCUT2D eigenvalue weighted by atomic mass is 19.3. The molecular weight excluding hydrogens is 210 g/mol. The fourth-order valence-corrected chi connectivity index (χ4v) is 0.798. The number of nitrogens with one attached hydrogen (secondary N) is 2. The Kier molecular flexibility index (Phi) is 4.61. The van der Waals surface area contributed by atoms with Crippen LogP contribution in [-0.2, 0) is 9.53 Å². The minimum atomic E-state index is -2.51. The van der Waals surface area contributed by atoms with Crippen molar-refractivity contribution in [3.63, 3.8) is 0 Å². The van der Waals surface area contributed by atoms with Gasteiger partial charge in [-0.3, -0.25) is 10.1 Å². The summed E-state index contributed by atoms with van der Waals surface area (Å²) in [5, 5.41) is 8.31. The van der Waals surface area contributed by atoms with E-state index in [4.69, 9.17) is 0 Å². The van der Waals surface area contributed by atoms with Crippen molar-refractivity contribution in [2.24, 2.45) is 0 Å². The van der Waals surface area contributed by atoms with Gasteiger partial charge in [0.15, 0.2) is 0 Å². The first-order chi connectivity index (χ1) is 7.18. The Bertz CT molecular complexity index is 291. The average molecular weight is 220 g/mol. The normalized spacial score (nSPS) is 10.6. The zero-order valence-electron chi connectivity index (χ0n) is 7.74. The van der Waals surface area contributed by atoms with E-state index in [1.54, 1.807) is 0 Å². The van der Waals surface area contributed by atoms with E-state index in [1.165, 1.54) is 6.33 Å². The Labute approximate surface area is 84.0 Å². The molecule has 1 amide bonds. The van der Waals surface area contributed by atoms with E-state index in [2.05, 4.69) is 25.2 Å². The lowest BCUT2D eigenvalue weighted by molar-refractivity contribution is -0.117. The number of aromatic amines is 1. The monoisotopic (exact) mass is 220 g/mol. The summed E-state index contributed by atoms with van der Waals surface area (Å²) in [6.45, 7) is -0.708. The number of anilines is 1. The number of carbonyl (C=O) groups is 1. The molecule has 0 radical (unpaired) electrons. The quantitative estimate of drug-likeness (QED) is 0.680. The Morgan fingerprint density at radius 3 is 3.07 bits per heavy atom. The average Bonchev–Trinajstić information content (AvgIpc) is 2.64. The van der Waals surface area contributed by atoms with Crippen molar-refractivity contribution >= 4 is 11.9 Å². The zero-order chi connectivity index (χ0) is 11.1.